The molecule has 4 nitrogen and oxygen atoms in total. The maximum atomic E-state index is 5.65. The monoisotopic (exact) mass is 329 g/mol. The van der Waals surface area contributed by atoms with Crippen LogP contribution in [-0.4, -0.2) is 28.1 Å². The summed E-state index contributed by atoms with van der Waals surface area (Å²) in [5.41, 5.74) is 1.85. The Morgan fingerprint density at radius 1 is 1.13 bits per heavy atom. The van der Waals surface area contributed by atoms with Crippen molar-refractivity contribution >= 4 is 23.0 Å². The number of nitrogens with one attached hydrogen (secondary N) is 1. The van der Waals surface area contributed by atoms with Crippen LogP contribution in [0.25, 0.3) is 0 Å². The Hall–Kier alpha value is -2.14. The maximum absolute atomic E-state index is 5.65. The van der Waals surface area contributed by atoms with E-state index >= 15 is 0 Å². The van der Waals surface area contributed by atoms with E-state index in [2.05, 4.69) is 36.0 Å². The van der Waals surface area contributed by atoms with Crippen LogP contribution in [0.4, 0.5) is 5.69 Å². The van der Waals surface area contributed by atoms with Gasteiger partial charge in [-0.05, 0) is 57.3 Å². The van der Waals surface area contributed by atoms with Gasteiger partial charge in [0.1, 0.15) is 5.75 Å². The molecule has 0 aliphatic heterocycles. The highest BCUT2D eigenvalue weighted by atomic mass is 32.1. The molecule has 1 aromatic heterocycles. The fourth-order valence-corrected chi connectivity index (χ4v) is 3.03. The Labute approximate surface area is 143 Å². The second-order valence-corrected chi connectivity index (χ2v) is 5.95. The van der Waals surface area contributed by atoms with E-state index in [4.69, 9.17) is 17.0 Å². The molecule has 0 unspecified atom stereocenters. The van der Waals surface area contributed by atoms with Gasteiger partial charge in [0.2, 0.25) is 0 Å². The van der Waals surface area contributed by atoms with Gasteiger partial charge in [-0.2, -0.15) is 0 Å². The number of benzene rings is 1. The average molecular weight is 329 g/mol. The first-order valence-corrected chi connectivity index (χ1v) is 8.08. The summed E-state index contributed by atoms with van der Waals surface area (Å²) in [6.07, 6.45) is 1.81. The van der Waals surface area contributed by atoms with Crippen LogP contribution in [0, 0.1) is 0 Å². The molecule has 0 radical (unpaired) electrons. The Morgan fingerprint density at radius 2 is 1.83 bits per heavy atom. The number of para-hydroxylation sites is 2. The van der Waals surface area contributed by atoms with Gasteiger partial charge in [0.25, 0.3) is 0 Å². The van der Waals surface area contributed by atoms with Gasteiger partial charge < -0.3 is 15.0 Å². The number of anilines is 1. The molecule has 2 rings (SSSR count). The van der Waals surface area contributed by atoms with Crippen molar-refractivity contribution in [1.29, 1.82) is 0 Å². The molecule has 5 heteroatoms. The first-order chi connectivity index (χ1) is 11.0. The van der Waals surface area contributed by atoms with E-state index in [1.165, 1.54) is 0 Å². The zero-order valence-corrected chi connectivity index (χ0v) is 14.8. The van der Waals surface area contributed by atoms with Gasteiger partial charge in [-0.1, -0.05) is 18.2 Å². The molecule has 0 fully saturated rings. The molecule has 1 heterocycles. The molecule has 0 bridgehead atoms. The second kappa shape index (κ2) is 7.92. The predicted molar refractivity (Wildman–Crippen MR) is 98.8 cm³/mol. The van der Waals surface area contributed by atoms with Crippen LogP contribution in [-0.2, 0) is 0 Å². The van der Waals surface area contributed by atoms with Crippen LogP contribution in [0.3, 0.4) is 0 Å². The molecule has 0 saturated carbocycles. The smallest absolute Gasteiger partial charge is 0.174 e. The number of aromatic nitrogens is 1. The lowest BCUT2D eigenvalue weighted by Gasteiger charge is -2.35. The van der Waals surface area contributed by atoms with Crippen LogP contribution in [0.15, 0.2) is 48.7 Å². The largest absolute Gasteiger partial charge is 0.495 e. The average Bonchev–Trinajstić information content (AvgIpc) is 2.56. The third-order valence-corrected chi connectivity index (χ3v) is 3.99. The lowest BCUT2D eigenvalue weighted by Crippen LogP contribution is -2.41. The molecule has 122 valence electrons. The van der Waals surface area contributed by atoms with Crippen LogP contribution >= 0.6 is 12.2 Å². The van der Waals surface area contributed by atoms with E-state index in [0.29, 0.717) is 5.11 Å². The second-order valence-electron chi connectivity index (χ2n) is 5.56. The fourth-order valence-electron chi connectivity index (χ4n) is 2.55. The van der Waals surface area contributed by atoms with E-state index in [9.17, 15) is 0 Å². The molecule has 1 N–H and O–H groups in total. The highest BCUT2D eigenvalue weighted by molar-refractivity contribution is 7.80. The molecule has 23 heavy (non-hydrogen) atoms. The van der Waals surface area contributed by atoms with Crippen molar-refractivity contribution in [3.63, 3.8) is 0 Å². The summed E-state index contributed by atoms with van der Waals surface area (Å²) in [6.45, 7) is 6.35. The fraction of sp³-hybridized carbons (Fsp3) is 0.333. The summed E-state index contributed by atoms with van der Waals surface area (Å²) in [5.74, 6) is 0.768. The minimum atomic E-state index is 0.0749. The molecule has 1 atom stereocenters. The molecular weight excluding hydrogens is 306 g/mol. The van der Waals surface area contributed by atoms with Crippen molar-refractivity contribution in [3.05, 3.63) is 54.4 Å². The SMILES string of the molecule is COc1ccccc1NC(=S)N(C(C)C)[C@@H](C)c1ccccn1. The summed E-state index contributed by atoms with van der Waals surface area (Å²) in [6, 6.07) is 14.0. The normalized spacial score (nSPS) is 11.9. The summed E-state index contributed by atoms with van der Waals surface area (Å²) in [7, 11) is 1.65. The van der Waals surface area contributed by atoms with E-state index in [0.717, 1.165) is 17.1 Å². The van der Waals surface area contributed by atoms with Crippen molar-refractivity contribution in [2.75, 3.05) is 12.4 Å². The topological polar surface area (TPSA) is 37.4 Å². The summed E-state index contributed by atoms with van der Waals surface area (Å²) >= 11 is 5.65. The number of nitrogens with zero attached hydrogens (tertiary/aromatic N) is 2. The summed E-state index contributed by atoms with van der Waals surface area (Å²) in [4.78, 5) is 6.59. The number of methoxy groups -OCH3 is 1. The minimum Gasteiger partial charge on any atom is -0.495 e. The standard InChI is InChI=1S/C18H23N3OS/c1-13(2)21(14(3)15-9-7-8-12-19-15)18(23)20-16-10-5-6-11-17(16)22-4/h5-14H,1-4H3,(H,20,23)/t14-/m0/s1. The number of pyridine rings is 1. The van der Waals surface area contributed by atoms with Crippen molar-refractivity contribution in [2.24, 2.45) is 0 Å². The Morgan fingerprint density at radius 3 is 2.43 bits per heavy atom. The number of hydrogen-bond donors (Lipinski definition) is 1. The number of hydrogen-bond acceptors (Lipinski definition) is 3. The van der Waals surface area contributed by atoms with Gasteiger partial charge in [-0.25, -0.2) is 0 Å². The van der Waals surface area contributed by atoms with E-state index < -0.39 is 0 Å². The number of rotatable bonds is 5. The van der Waals surface area contributed by atoms with Gasteiger partial charge in [0, 0.05) is 12.2 Å². The van der Waals surface area contributed by atoms with Gasteiger partial charge in [0.05, 0.1) is 24.5 Å². The Bertz CT molecular complexity index is 646. The third kappa shape index (κ3) is 4.20. The quantitative estimate of drug-likeness (QED) is 0.830. The first-order valence-electron chi connectivity index (χ1n) is 7.68. The molecule has 0 aliphatic rings. The summed E-state index contributed by atoms with van der Waals surface area (Å²) < 4.78 is 5.38. The van der Waals surface area contributed by atoms with Crippen LogP contribution in [0.5, 0.6) is 5.75 Å². The van der Waals surface area contributed by atoms with Crippen LogP contribution < -0.4 is 10.1 Å². The predicted octanol–water partition coefficient (Wildman–Crippen LogP) is 4.26. The lowest BCUT2D eigenvalue weighted by molar-refractivity contribution is 0.280. The van der Waals surface area contributed by atoms with Crippen molar-refractivity contribution in [2.45, 2.75) is 32.9 Å². The van der Waals surface area contributed by atoms with E-state index in [1.807, 2.05) is 42.5 Å². The third-order valence-electron chi connectivity index (χ3n) is 3.67. The summed E-state index contributed by atoms with van der Waals surface area (Å²) in [5, 5.41) is 3.95. The molecule has 0 amide bonds. The maximum Gasteiger partial charge on any atom is 0.174 e. The minimum absolute atomic E-state index is 0.0749. The number of thiocarbonyl (C=S) groups is 1. The highest BCUT2D eigenvalue weighted by Gasteiger charge is 2.23. The molecule has 0 aliphatic carbocycles. The zero-order chi connectivity index (χ0) is 16.8. The molecule has 0 spiro atoms. The zero-order valence-electron chi connectivity index (χ0n) is 14.0. The molecule has 0 saturated heterocycles. The Kier molecular flexibility index (Phi) is 5.93. The van der Waals surface area contributed by atoms with Crippen molar-refractivity contribution in [3.8, 4) is 5.75 Å². The van der Waals surface area contributed by atoms with Crippen LogP contribution in [0.1, 0.15) is 32.5 Å². The van der Waals surface area contributed by atoms with Gasteiger partial charge in [-0.3, -0.25) is 4.98 Å². The Balaban J connectivity index is 2.22. The van der Waals surface area contributed by atoms with Crippen molar-refractivity contribution < 1.29 is 4.74 Å². The first kappa shape index (κ1) is 17.2. The van der Waals surface area contributed by atoms with Crippen LogP contribution in [0.2, 0.25) is 0 Å². The van der Waals surface area contributed by atoms with E-state index in [1.54, 1.807) is 13.3 Å². The number of ether oxygens (including phenoxy) is 1. The molecular formula is C18H23N3OS. The van der Waals surface area contributed by atoms with Crippen molar-refractivity contribution in [1.82, 2.24) is 9.88 Å². The van der Waals surface area contributed by atoms with Gasteiger partial charge in [-0.15, -0.1) is 0 Å². The molecule has 2 aromatic rings. The highest BCUT2D eigenvalue weighted by Crippen LogP contribution is 2.26. The van der Waals surface area contributed by atoms with Gasteiger partial charge >= 0.3 is 0 Å². The van der Waals surface area contributed by atoms with E-state index in [-0.39, 0.29) is 12.1 Å². The molecule has 1 aromatic carbocycles. The van der Waals surface area contributed by atoms with Gasteiger partial charge in [0.15, 0.2) is 5.11 Å². The lowest BCUT2D eigenvalue weighted by atomic mass is 10.1.